The third-order valence-electron chi connectivity index (χ3n) is 4.98. The summed E-state index contributed by atoms with van der Waals surface area (Å²) in [5.74, 6) is 0.623. The maximum absolute atomic E-state index is 12.6. The second-order valence-electron chi connectivity index (χ2n) is 6.95. The Hall–Kier alpha value is -1.52. The maximum Gasteiger partial charge on any atom is 0.227 e. The molecule has 0 radical (unpaired) electrons. The Morgan fingerprint density at radius 1 is 1.42 bits per heavy atom. The van der Waals surface area contributed by atoms with Gasteiger partial charge in [0, 0.05) is 30.6 Å². The SMILES string of the molecule is Cc1cc2occ(CC(=O)N(C)C3CCNC3)c2cc1C(C)C.Cl. The molecule has 1 aromatic heterocycles. The van der Waals surface area contributed by atoms with Gasteiger partial charge in [-0.05, 0) is 49.1 Å². The Labute approximate surface area is 150 Å². The fourth-order valence-electron chi connectivity index (χ4n) is 3.46. The number of likely N-dealkylation sites (N-methyl/N-ethyl adjacent to an activating group) is 1. The number of furan rings is 1. The highest BCUT2D eigenvalue weighted by molar-refractivity contribution is 5.88. The molecule has 2 heterocycles. The van der Waals surface area contributed by atoms with Crippen LogP contribution in [0.25, 0.3) is 11.0 Å². The minimum absolute atomic E-state index is 0. The fraction of sp³-hybridized carbons (Fsp3) is 0.526. The van der Waals surface area contributed by atoms with E-state index in [0.29, 0.717) is 18.4 Å². The number of hydrogen-bond acceptors (Lipinski definition) is 3. The van der Waals surface area contributed by atoms with Gasteiger partial charge in [-0.15, -0.1) is 12.4 Å². The molecule has 2 aromatic rings. The monoisotopic (exact) mass is 350 g/mol. The van der Waals surface area contributed by atoms with Crippen LogP contribution in [0.5, 0.6) is 0 Å². The van der Waals surface area contributed by atoms with Gasteiger partial charge >= 0.3 is 0 Å². The van der Waals surface area contributed by atoms with Crippen LogP contribution in [-0.2, 0) is 11.2 Å². The molecule has 1 fully saturated rings. The van der Waals surface area contributed by atoms with Crippen LogP contribution < -0.4 is 5.32 Å². The molecule has 1 aromatic carbocycles. The number of hydrogen-bond donors (Lipinski definition) is 1. The number of benzene rings is 1. The van der Waals surface area contributed by atoms with Crippen molar-refractivity contribution in [2.75, 3.05) is 20.1 Å². The van der Waals surface area contributed by atoms with E-state index < -0.39 is 0 Å². The standard InChI is InChI=1S/C19H26N2O2.ClH/c1-12(2)16-9-17-14(11-23-18(17)7-13(16)3)8-19(22)21(4)15-5-6-20-10-15;/h7,9,11-12,15,20H,5-6,8,10H2,1-4H3;1H. The first-order valence-corrected chi connectivity index (χ1v) is 8.44. The van der Waals surface area contributed by atoms with Crippen molar-refractivity contribution >= 4 is 29.3 Å². The molecule has 0 aliphatic carbocycles. The molecule has 24 heavy (non-hydrogen) atoms. The van der Waals surface area contributed by atoms with Crippen LogP contribution in [-0.4, -0.2) is 37.0 Å². The lowest BCUT2D eigenvalue weighted by Crippen LogP contribution is -2.39. The molecule has 0 spiro atoms. The third kappa shape index (κ3) is 3.60. The van der Waals surface area contributed by atoms with E-state index in [9.17, 15) is 4.79 Å². The molecule has 132 valence electrons. The summed E-state index contributed by atoms with van der Waals surface area (Å²) in [6, 6.07) is 4.59. The summed E-state index contributed by atoms with van der Waals surface area (Å²) in [5, 5.41) is 4.38. The second-order valence-corrected chi connectivity index (χ2v) is 6.95. The minimum atomic E-state index is 0. The van der Waals surface area contributed by atoms with Gasteiger partial charge in [-0.1, -0.05) is 13.8 Å². The molecule has 1 N–H and O–H groups in total. The van der Waals surface area contributed by atoms with Gasteiger partial charge in [0.2, 0.25) is 5.91 Å². The summed E-state index contributed by atoms with van der Waals surface area (Å²) >= 11 is 0. The summed E-state index contributed by atoms with van der Waals surface area (Å²) < 4.78 is 5.69. The van der Waals surface area contributed by atoms with Gasteiger partial charge in [0.05, 0.1) is 12.7 Å². The number of fused-ring (bicyclic) bond motifs is 1. The first-order chi connectivity index (χ1) is 11.0. The molecular weight excluding hydrogens is 324 g/mol. The number of nitrogens with zero attached hydrogens (tertiary/aromatic N) is 1. The molecule has 5 heteroatoms. The number of carbonyl (C=O) groups excluding carboxylic acids is 1. The number of halogens is 1. The molecule has 4 nitrogen and oxygen atoms in total. The van der Waals surface area contributed by atoms with Gasteiger partial charge < -0.3 is 14.6 Å². The summed E-state index contributed by atoms with van der Waals surface area (Å²) in [6.45, 7) is 8.39. The Balaban J connectivity index is 0.00000208. The lowest BCUT2D eigenvalue weighted by atomic mass is 9.95. The normalized spacial score (nSPS) is 17.3. The number of amides is 1. The Morgan fingerprint density at radius 3 is 2.79 bits per heavy atom. The number of aryl methyl sites for hydroxylation is 1. The lowest BCUT2D eigenvalue weighted by Gasteiger charge is -2.23. The largest absolute Gasteiger partial charge is 0.464 e. The Morgan fingerprint density at radius 2 is 2.17 bits per heavy atom. The molecule has 0 saturated carbocycles. The zero-order valence-electron chi connectivity index (χ0n) is 14.9. The van der Waals surface area contributed by atoms with Crippen molar-refractivity contribution in [2.45, 2.75) is 45.6 Å². The topological polar surface area (TPSA) is 45.5 Å². The number of nitrogens with one attached hydrogen (secondary N) is 1. The molecule has 1 amide bonds. The van der Waals surface area contributed by atoms with Crippen molar-refractivity contribution in [3.8, 4) is 0 Å². The van der Waals surface area contributed by atoms with E-state index >= 15 is 0 Å². The lowest BCUT2D eigenvalue weighted by molar-refractivity contribution is -0.130. The zero-order valence-corrected chi connectivity index (χ0v) is 15.7. The summed E-state index contributed by atoms with van der Waals surface area (Å²) in [5.41, 5.74) is 4.43. The highest BCUT2D eigenvalue weighted by Gasteiger charge is 2.24. The second kappa shape index (κ2) is 7.58. The van der Waals surface area contributed by atoms with Crippen LogP contribution in [0, 0.1) is 6.92 Å². The van der Waals surface area contributed by atoms with E-state index in [2.05, 4.69) is 38.2 Å². The predicted molar refractivity (Wildman–Crippen MR) is 100 cm³/mol. The number of rotatable bonds is 4. The molecule has 0 bridgehead atoms. The quantitative estimate of drug-likeness (QED) is 0.915. The van der Waals surface area contributed by atoms with E-state index in [4.69, 9.17) is 4.42 Å². The van der Waals surface area contributed by atoms with E-state index in [-0.39, 0.29) is 18.3 Å². The van der Waals surface area contributed by atoms with Crippen molar-refractivity contribution in [1.29, 1.82) is 0 Å². The Bertz CT molecular complexity index is 717. The number of carbonyl (C=O) groups is 1. The van der Waals surface area contributed by atoms with Crippen molar-refractivity contribution in [3.63, 3.8) is 0 Å². The molecule has 1 aliphatic rings. The molecule has 1 unspecified atom stereocenters. The first kappa shape index (κ1) is 18.8. The van der Waals surface area contributed by atoms with E-state index in [1.54, 1.807) is 6.26 Å². The van der Waals surface area contributed by atoms with Crippen LogP contribution in [0.3, 0.4) is 0 Å². The van der Waals surface area contributed by atoms with Crippen LogP contribution in [0.4, 0.5) is 0 Å². The van der Waals surface area contributed by atoms with Gasteiger partial charge in [0.15, 0.2) is 0 Å². The summed E-state index contributed by atoms with van der Waals surface area (Å²) in [6.07, 6.45) is 3.18. The van der Waals surface area contributed by atoms with Gasteiger partial charge in [-0.25, -0.2) is 0 Å². The van der Waals surface area contributed by atoms with Crippen molar-refractivity contribution in [3.05, 3.63) is 35.1 Å². The summed E-state index contributed by atoms with van der Waals surface area (Å²) in [7, 11) is 1.91. The minimum Gasteiger partial charge on any atom is -0.464 e. The molecule has 1 aliphatic heterocycles. The van der Waals surface area contributed by atoms with Gasteiger partial charge in [0.1, 0.15) is 5.58 Å². The van der Waals surface area contributed by atoms with Crippen LogP contribution in [0.1, 0.15) is 42.9 Å². The third-order valence-corrected chi connectivity index (χ3v) is 4.98. The molecule has 1 saturated heterocycles. The fourth-order valence-corrected chi connectivity index (χ4v) is 3.46. The van der Waals surface area contributed by atoms with Crippen LogP contribution >= 0.6 is 12.4 Å². The van der Waals surface area contributed by atoms with Crippen molar-refractivity contribution < 1.29 is 9.21 Å². The smallest absolute Gasteiger partial charge is 0.227 e. The van der Waals surface area contributed by atoms with Gasteiger partial charge in [-0.3, -0.25) is 4.79 Å². The molecular formula is C19H27ClN2O2. The van der Waals surface area contributed by atoms with E-state index in [0.717, 1.165) is 36.0 Å². The van der Waals surface area contributed by atoms with Crippen LogP contribution in [0.15, 0.2) is 22.8 Å². The predicted octanol–water partition coefficient (Wildman–Crippen LogP) is 3.65. The Kier molecular flexibility index (Phi) is 5.94. The maximum atomic E-state index is 12.6. The highest BCUT2D eigenvalue weighted by atomic mass is 35.5. The molecule has 3 rings (SSSR count). The first-order valence-electron chi connectivity index (χ1n) is 8.44. The van der Waals surface area contributed by atoms with Gasteiger partial charge in [0.25, 0.3) is 0 Å². The van der Waals surface area contributed by atoms with Crippen molar-refractivity contribution in [2.24, 2.45) is 0 Å². The molecule has 1 atom stereocenters. The van der Waals surface area contributed by atoms with E-state index in [1.807, 2.05) is 11.9 Å². The van der Waals surface area contributed by atoms with Crippen LogP contribution in [0.2, 0.25) is 0 Å². The van der Waals surface area contributed by atoms with Gasteiger partial charge in [-0.2, -0.15) is 0 Å². The zero-order chi connectivity index (χ0) is 16.6. The summed E-state index contributed by atoms with van der Waals surface area (Å²) in [4.78, 5) is 14.5. The van der Waals surface area contributed by atoms with Crippen molar-refractivity contribution in [1.82, 2.24) is 10.2 Å². The highest BCUT2D eigenvalue weighted by Crippen LogP contribution is 2.29. The average Bonchev–Trinajstić information content (AvgIpc) is 3.15. The average molecular weight is 351 g/mol. The van der Waals surface area contributed by atoms with E-state index in [1.165, 1.54) is 11.1 Å².